The number of carbonyl (C=O) groups is 1. The number of pyridine rings is 1. The van der Waals surface area contributed by atoms with Crippen LogP contribution in [0.4, 0.5) is 5.69 Å². The molecule has 0 aliphatic carbocycles. The van der Waals surface area contributed by atoms with Gasteiger partial charge < -0.3 is 19.5 Å². The van der Waals surface area contributed by atoms with E-state index in [-0.39, 0.29) is 5.91 Å². The molecule has 2 aromatic carbocycles. The molecule has 1 N–H and O–H groups in total. The average Bonchev–Trinajstić information content (AvgIpc) is 2.78. The highest BCUT2D eigenvalue weighted by atomic mass is 16.5. The van der Waals surface area contributed by atoms with Gasteiger partial charge in [0.1, 0.15) is 0 Å². The van der Waals surface area contributed by atoms with Crippen LogP contribution in [0.2, 0.25) is 0 Å². The van der Waals surface area contributed by atoms with Crippen molar-refractivity contribution >= 4 is 11.6 Å². The van der Waals surface area contributed by atoms with Gasteiger partial charge in [0.15, 0.2) is 11.5 Å². The molecule has 0 unspecified atom stereocenters. The summed E-state index contributed by atoms with van der Waals surface area (Å²) in [6.45, 7) is 2.10. The summed E-state index contributed by atoms with van der Waals surface area (Å²) in [6, 6.07) is 14.8. The van der Waals surface area contributed by atoms with Crippen LogP contribution in [0.25, 0.3) is 11.3 Å². The predicted molar refractivity (Wildman–Crippen MR) is 113 cm³/mol. The number of nitrogens with one attached hydrogen (secondary N) is 1. The van der Waals surface area contributed by atoms with Crippen molar-refractivity contribution < 1.29 is 19.0 Å². The summed E-state index contributed by atoms with van der Waals surface area (Å²) in [6.07, 6.45) is 2.83. The van der Waals surface area contributed by atoms with Gasteiger partial charge in [-0.1, -0.05) is 25.1 Å². The first-order valence-electron chi connectivity index (χ1n) is 9.26. The normalized spacial score (nSPS) is 10.3. The number of rotatable bonds is 7. The van der Waals surface area contributed by atoms with E-state index in [4.69, 9.17) is 14.2 Å². The molecule has 0 radical (unpaired) electrons. The van der Waals surface area contributed by atoms with E-state index in [1.54, 1.807) is 24.3 Å². The molecule has 0 aliphatic rings. The molecule has 0 saturated heterocycles. The van der Waals surface area contributed by atoms with E-state index < -0.39 is 0 Å². The van der Waals surface area contributed by atoms with Crippen LogP contribution in [-0.4, -0.2) is 32.2 Å². The molecule has 0 bridgehead atoms. The van der Waals surface area contributed by atoms with Crippen molar-refractivity contribution in [1.29, 1.82) is 0 Å². The lowest BCUT2D eigenvalue weighted by molar-refractivity contribution is 0.102. The van der Waals surface area contributed by atoms with E-state index >= 15 is 0 Å². The molecule has 6 heteroatoms. The lowest BCUT2D eigenvalue weighted by atomic mass is 10.1. The number of carbonyl (C=O) groups excluding carboxylic acids is 1. The predicted octanol–water partition coefficient (Wildman–Crippen LogP) is 4.59. The minimum atomic E-state index is -0.236. The number of hydrogen-bond acceptors (Lipinski definition) is 5. The van der Waals surface area contributed by atoms with Gasteiger partial charge in [-0.3, -0.25) is 9.78 Å². The zero-order valence-electron chi connectivity index (χ0n) is 17.0. The number of hydrogen-bond donors (Lipinski definition) is 1. The molecule has 1 amide bonds. The Morgan fingerprint density at radius 3 is 2.07 bits per heavy atom. The van der Waals surface area contributed by atoms with Gasteiger partial charge >= 0.3 is 0 Å². The summed E-state index contributed by atoms with van der Waals surface area (Å²) in [4.78, 5) is 17.1. The third kappa shape index (κ3) is 4.48. The first-order valence-corrected chi connectivity index (χ1v) is 9.26. The molecular weight excluding hydrogens is 368 g/mol. The van der Waals surface area contributed by atoms with Crippen molar-refractivity contribution in [2.45, 2.75) is 13.3 Å². The fourth-order valence-corrected chi connectivity index (χ4v) is 2.95. The second-order valence-corrected chi connectivity index (χ2v) is 6.35. The number of ether oxygens (including phenoxy) is 3. The number of methoxy groups -OCH3 is 3. The van der Waals surface area contributed by atoms with Crippen molar-refractivity contribution in [3.05, 3.63) is 65.9 Å². The Labute approximate surface area is 170 Å². The Morgan fingerprint density at radius 2 is 1.59 bits per heavy atom. The van der Waals surface area contributed by atoms with Crippen LogP contribution in [0.1, 0.15) is 22.8 Å². The highest BCUT2D eigenvalue weighted by Crippen LogP contribution is 2.40. The number of aryl methyl sites for hydroxylation is 1. The van der Waals surface area contributed by atoms with Gasteiger partial charge in [0.25, 0.3) is 5.91 Å². The molecule has 0 atom stereocenters. The van der Waals surface area contributed by atoms with E-state index in [1.165, 1.54) is 26.9 Å². The molecule has 0 spiro atoms. The largest absolute Gasteiger partial charge is 0.493 e. The zero-order chi connectivity index (χ0) is 20.8. The fraction of sp³-hybridized carbons (Fsp3) is 0.217. The van der Waals surface area contributed by atoms with Crippen LogP contribution < -0.4 is 19.5 Å². The molecule has 3 aromatic rings. The molecule has 3 rings (SSSR count). The van der Waals surface area contributed by atoms with Gasteiger partial charge in [-0.15, -0.1) is 0 Å². The third-order valence-corrected chi connectivity index (χ3v) is 4.60. The van der Waals surface area contributed by atoms with Gasteiger partial charge in [0.2, 0.25) is 5.75 Å². The monoisotopic (exact) mass is 392 g/mol. The van der Waals surface area contributed by atoms with Crippen molar-refractivity contribution in [1.82, 2.24) is 4.98 Å². The molecule has 0 saturated carbocycles. The fourth-order valence-electron chi connectivity index (χ4n) is 2.95. The van der Waals surface area contributed by atoms with Crippen molar-refractivity contribution in [2.24, 2.45) is 0 Å². The van der Waals surface area contributed by atoms with Crippen LogP contribution in [-0.2, 0) is 6.42 Å². The van der Waals surface area contributed by atoms with Crippen LogP contribution in [0.5, 0.6) is 17.2 Å². The SMILES string of the molecule is CCc1ccc(-c2ccc(C(=O)Nc3cc(OC)c(OC)c(OC)c3)cc2)nc1. The maximum Gasteiger partial charge on any atom is 0.255 e. The van der Waals surface area contributed by atoms with Crippen LogP contribution in [0.3, 0.4) is 0 Å². The summed E-state index contributed by atoms with van der Waals surface area (Å²) >= 11 is 0. The maximum absolute atomic E-state index is 12.7. The van der Waals surface area contributed by atoms with Gasteiger partial charge in [-0.05, 0) is 30.2 Å². The Kier molecular flexibility index (Phi) is 6.34. The molecular formula is C23H24N2O4. The summed E-state index contributed by atoms with van der Waals surface area (Å²) < 4.78 is 16.0. The molecule has 150 valence electrons. The van der Waals surface area contributed by atoms with E-state index in [9.17, 15) is 4.79 Å². The summed E-state index contributed by atoms with van der Waals surface area (Å²) in [5, 5.41) is 2.86. The lowest BCUT2D eigenvalue weighted by Crippen LogP contribution is -2.12. The zero-order valence-corrected chi connectivity index (χ0v) is 17.0. The van der Waals surface area contributed by atoms with Crippen LogP contribution in [0.15, 0.2) is 54.7 Å². The van der Waals surface area contributed by atoms with Crippen LogP contribution >= 0.6 is 0 Å². The lowest BCUT2D eigenvalue weighted by Gasteiger charge is -2.14. The molecule has 1 aromatic heterocycles. The number of nitrogens with zero attached hydrogens (tertiary/aromatic N) is 1. The Hall–Kier alpha value is -3.54. The number of anilines is 1. The standard InChI is InChI=1S/C23H24N2O4/c1-5-15-6-11-19(24-14-15)16-7-9-17(10-8-16)23(26)25-18-12-20(27-2)22(29-4)21(13-18)28-3/h6-14H,5H2,1-4H3,(H,25,26). The average molecular weight is 392 g/mol. The van der Waals surface area contributed by atoms with E-state index in [0.717, 1.165) is 17.7 Å². The molecule has 29 heavy (non-hydrogen) atoms. The minimum Gasteiger partial charge on any atom is -0.493 e. The van der Waals surface area contributed by atoms with E-state index in [2.05, 4.69) is 23.3 Å². The molecule has 1 heterocycles. The number of benzene rings is 2. The molecule has 6 nitrogen and oxygen atoms in total. The smallest absolute Gasteiger partial charge is 0.255 e. The van der Waals surface area contributed by atoms with Crippen molar-refractivity contribution in [3.63, 3.8) is 0 Å². The summed E-state index contributed by atoms with van der Waals surface area (Å²) in [5.74, 6) is 1.18. The maximum atomic E-state index is 12.7. The van der Waals surface area contributed by atoms with Crippen molar-refractivity contribution in [2.75, 3.05) is 26.6 Å². The quantitative estimate of drug-likeness (QED) is 0.637. The second kappa shape index (κ2) is 9.10. The van der Waals surface area contributed by atoms with Gasteiger partial charge in [-0.25, -0.2) is 0 Å². The number of aromatic nitrogens is 1. The van der Waals surface area contributed by atoms with Crippen LogP contribution in [0, 0.1) is 0 Å². The molecule has 0 aliphatic heterocycles. The summed E-state index contributed by atoms with van der Waals surface area (Å²) in [5.41, 5.74) is 4.10. The topological polar surface area (TPSA) is 69.7 Å². The summed E-state index contributed by atoms with van der Waals surface area (Å²) in [7, 11) is 4.59. The van der Waals surface area contributed by atoms with Crippen molar-refractivity contribution in [3.8, 4) is 28.5 Å². The van der Waals surface area contributed by atoms with Gasteiger partial charge in [0.05, 0.1) is 27.0 Å². The number of amides is 1. The Morgan fingerprint density at radius 1 is 0.931 bits per heavy atom. The van der Waals surface area contributed by atoms with Gasteiger partial charge in [0, 0.05) is 35.1 Å². The van der Waals surface area contributed by atoms with E-state index in [1.807, 2.05) is 24.4 Å². The first-order chi connectivity index (χ1) is 14.1. The molecule has 0 fully saturated rings. The minimum absolute atomic E-state index is 0.236. The Bertz CT molecular complexity index is 958. The Balaban J connectivity index is 1.78. The third-order valence-electron chi connectivity index (χ3n) is 4.60. The highest BCUT2D eigenvalue weighted by molar-refractivity contribution is 6.04. The first kappa shape index (κ1) is 20.2. The second-order valence-electron chi connectivity index (χ2n) is 6.35. The van der Waals surface area contributed by atoms with Gasteiger partial charge in [-0.2, -0.15) is 0 Å². The highest BCUT2D eigenvalue weighted by Gasteiger charge is 2.15. The van der Waals surface area contributed by atoms with E-state index in [0.29, 0.717) is 28.5 Å².